The molecule has 18 heavy (non-hydrogen) atoms. The van der Waals surface area contributed by atoms with Gasteiger partial charge in [-0.25, -0.2) is 4.84 Å². The molecule has 0 radical (unpaired) electrons. The Balaban J connectivity index is 2.23. The molecule has 0 N–H and O–H groups in total. The molecule has 0 spiro atoms. The summed E-state index contributed by atoms with van der Waals surface area (Å²) in [5.74, 6) is 1.48. The van der Waals surface area contributed by atoms with E-state index in [9.17, 15) is 4.91 Å². The molecule has 0 unspecified atom stereocenters. The fourth-order valence-corrected chi connectivity index (χ4v) is 1.58. The topological polar surface area (TPSA) is 38.5 Å². The molecule has 92 valence electrons. The van der Waals surface area contributed by atoms with Crippen molar-refractivity contribution < 1.29 is 14.5 Å². The zero-order chi connectivity index (χ0) is 13.0. The van der Waals surface area contributed by atoms with E-state index < -0.39 is 0 Å². The van der Waals surface area contributed by atoms with E-state index in [4.69, 9.17) is 4.74 Å². The van der Waals surface area contributed by atoms with Crippen molar-refractivity contribution in [3.8, 4) is 11.5 Å². The van der Waals surface area contributed by atoms with Crippen LogP contribution in [-0.4, -0.2) is 12.0 Å². The summed E-state index contributed by atoms with van der Waals surface area (Å²) in [7, 11) is 1.33. The quantitative estimate of drug-likeness (QED) is 0.768. The van der Waals surface area contributed by atoms with Crippen LogP contribution in [0.4, 0.5) is 5.69 Å². The first-order valence-electron chi connectivity index (χ1n) is 5.55. The summed E-state index contributed by atoms with van der Waals surface area (Å²) >= 11 is 0. The number of hydrogen-bond acceptors (Lipinski definition) is 3. The van der Waals surface area contributed by atoms with E-state index in [1.54, 1.807) is 18.2 Å². The summed E-state index contributed by atoms with van der Waals surface area (Å²) in [6.45, 7) is 1.88. The van der Waals surface area contributed by atoms with Crippen LogP contribution in [0, 0.1) is 11.8 Å². The molecule has 0 aliphatic carbocycles. The minimum atomic E-state index is 0.440. The summed E-state index contributed by atoms with van der Waals surface area (Å²) < 4.78 is 5.72. The monoisotopic (exact) mass is 244 g/mol. The lowest BCUT2D eigenvalue weighted by atomic mass is 10.2. The van der Waals surface area contributed by atoms with Gasteiger partial charge in [0.1, 0.15) is 11.5 Å². The zero-order valence-corrected chi connectivity index (χ0v) is 10.3. The third-order valence-corrected chi connectivity index (χ3v) is 2.51. The standard InChI is InChI=1S/C14H14NO3/c1-11-10-12(15(16)17-2)8-9-14(11)18-13-6-4-3-5-7-13/h3-10H,1-2H3/q+1. The van der Waals surface area contributed by atoms with Gasteiger partial charge in [-0.2, -0.15) is 0 Å². The van der Waals surface area contributed by atoms with E-state index in [0.29, 0.717) is 10.6 Å². The SMILES string of the molecule is CO[N+](=O)c1ccc(Oc2ccccc2)c(C)c1. The minimum absolute atomic E-state index is 0.440. The number of hydrogen-bond donors (Lipinski definition) is 0. The maximum Gasteiger partial charge on any atom is 0.317 e. The first-order chi connectivity index (χ1) is 8.70. The highest BCUT2D eigenvalue weighted by Crippen LogP contribution is 2.27. The Morgan fingerprint density at radius 3 is 2.39 bits per heavy atom. The van der Waals surface area contributed by atoms with Gasteiger partial charge in [0.15, 0.2) is 7.11 Å². The summed E-state index contributed by atoms with van der Waals surface area (Å²) in [6.07, 6.45) is 0. The molecule has 0 bridgehead atoms. The molecular formula is C14H14NO3+. The Morgan fingerprint density at radius 1 is 1.06 bits per heavy atom. The second-order valence-corrected chi connectivity index (χ2v) is 3.80. The maximum atomic E-state index is 11.3. The van der Waals surface area contributed by atoms with Gasteiger partial charge in [0.25, 0.3) is 4.92 Å². The number of nitrogens with zero attached hydrogens (tertiary/aromatic N) is 1. The summed E-state index contributed by atoms with van der Waals surface area (Å²) in [6, 6.07) is 14.6. The lowest BCUT2D eigenvalue weighted by Gasteiger charge is -2.07. The highest BCUT2D eigenvalue weighted by Gasteiger charge is 2.15. The van der Waals surface area contributed by atoms with Gasteiger partial charge in [-0.15, -0.1) is 0 Å². The molecule has 2 aromatic rings. The third-order valence-electron chi connectivity index (χ3n) is 2.51. The average Bonchev–Trinajstić information content (AvgIpc) is 2.41. The van der Waals surface area contributed by atoms with E-state index in [1.165, 1.54) is 7.11 Å². The van der Waals surface area contributed by atoms with Gasteiger partial charge in [-0.1, -0.05) is 18.2 Å². The summed E-state index contributed by atoms with van der Waals surface area (Å²) in [5, 5.41) is 0. The number of ether oxygens (including phenoxy) is 1. The van der Waals surface area contributed by atoms with Crippen LogP contribution in [0.2, 0.25) is 0 Å². The predicted octanol–water partition coefficient (Wildman–Crippen LogP) is 3.76. The van der Waals surface area contributed by atoms with Crippen LogP contribution in [0.3, 0.4) is 0 Å². The molecule has 0 aromatic heterocycles. The molecule has 0 aliphatic rings. The molecule has 4 nitrogen and oxygen atoms in total. The highest BCUT2D eigenvalue weighted by molar-refractivity contribution is 5.44. The van der Waals surface area contributed by atoms with Crippen LogP contribution in [0.1, 0.15) is 5.56 Å². The van der Waals surface area contributed by atoms with Crippen LogP contribution in [0.5, 0.6) is 11.5 Å². The molecule has 4 heteroatoms. The smallest absolute Gasteiger partial charge is 0.317 e. The number of rotatable bonds is 4. The highest BCUT2D eigenvalue weighted by atomic mass is 16.8. The Bertz CT molecular complexity index is 552. The van der Waals surface area contributed by atoms with Gasteiger partial charge in [-0.05, 0) is 30.7 Å². The Kier molecular flexibility index (Phi) is 3.57. The van der Waals surface area contributed by atoms with Gasteiger partial charge in [-0.3, -0.25) is 0 Å². The molecule has 0 saturated carbocycles. The zero-order valence-electron chi connectivity index (χ0n) is 10.3. The van der Waals surface area contributed by atoms with Gasteiger partial charge in [0, 0.05) is 12.1 Å². The second kappa shape index (κ2) is 5.31. The van der Waals surface area contributed by atoms with Crippen LogP contribution < -0.4 is 4.74 Å². The lowest BCUT2D eigenvalue weighted by Crippen LogP contribution is -1.98. The molecule has 0 saturated heterocycles. The predicted molar refractivity (Wildman–Crippen MR) is 68.0 cm³/mol. The molecule has 0 aliphatic heterocycles. The third kappa shape index (κ3) is 2.66. The first kappa shape index (κ1) is 12.1. The van der Waals surface area contributed by atoms with Gasteiger partial charge in [0.05, 0.1) is 4.91 Å². The van der Waals surface area contributed by atoms with Crippen molar-refractivity contribution in [2.75, 3.05) is 7.11 Å². The molecule has 0 fully saturated rings. The summed E-state index contributed by atoms with van der Waals surface area (Å²) in [4.78, 5) is 16.3. The van der Waals surface area contributed by atoms with Crippen molar-refractivity contribution in [3.05, 3.63) is 59.0 Å². The fourth-order valence-electron chi connectivity index (χ4n) is 1.58. The molecule has 2 aromatic carbocycles. The Hall–Kier alpha value is -2.36. The van der Waals surface area contributed by atoms with Crippen LogP contribution in [0.15, 0.2) is 48.5 Å². The molecule has 0 heterocycles. The average molecular weight is 244 g/mol. The van der Waals surface area contributed by atoms with E-state index in [2.05, 4.69) is 4.84 Å². The number of benzene rings is 2. The largest absolute Gasteiger partial charge is 0.457 e. The minimum Gasteiger partial charge on any atom is -0.457 e. The van der Waals surface area contributed by atoms with Crippen molar-refractivity contribution >= 4 is 5.69 Å². The van der Waals surface area contributed by atoms with E-state index >= 15 is 0 Å². The van der Waals surface area contributed by atoms with Crippen molar-refractivity contribution in [2.24, 2.45) is 0 Å². The van der Waals surface area contributed by atoms with Crippen LogP contribution in [-0.2, 0) is 4.84 Å². The van der Waals surface area contributed by atoms with Crippen LogP contribution in [0.25, 0.3) is 0 Å². The van der Waals surface area contributed by atoms with E-state index in [0.717, 1.165) is 17.1 Å². The van der Waals surface area contributed by atoms with Crippen molar-refractivity contribution in [2.45, 2.75) is 6.92 Å². The van der Waals surface area contributed by atoms with Gasteiger partial charge < -0.3 is 4.74 Å². The number of para-hydroxylation sites is 1. The molecule has 0 amide bonds. The van der Waals surface area contributed by atoms with E-state index in [1.807, 2.05) is 37.3 Å². The van der Waals surface area contributed by atoms with Crippen LogP contribution >= 0.6 is 0 Å². The second-order valence-electron chi connectivity index (χ2n) is 3.80. The van der Waals surface area contributed by atoms with Gasteiger partial charge >= 0.3 is 5.69 Å². The number of aryl methyl sites for hydroxylation is 1. The van der Waals surface area contributed by atoms with E-state index in [-0.39, 0.29) is 0 Å². The normalized spacial score (nSPS) is 9.89. The molecule has 2 rings (SSSR count). The van der Waals surface area contributed by atoms with Crippen molar-refractivity contribution in [3.63, 3.8) is 0 Å². The van der Waals surface area contributed by atoms with Crippen molar-refractivity contribution in [1.29, 1.82) is 0 Å². The maximum absolute atomic E-state index is 11.3. The Labute approximate surface area is 105 Å². The molecule has 0 atom stereocenters. The van der Waals surface area contributed by atoms with Gasteiger partial charge in [0.2, 0.25) is 0 Å². The van der Waals surface area contributed by atoms with Crippen molar-refractivity contribution in [1.82, 2.24) is 0 Å². The Morgan fingerprint density at radius 2 is 1.78 bits per heavy atom. The fraction of sp³-hybridized carbons (Fsp3) is 0.143. The lowest BCUT2D eigenvalue weighted by molar-refractivity contribution is -0.736. The first-order valence-corrected chi connectivity index (χ1v) is 5.55. The summed E-state index contributed by atoms with van der Waals surface area (Å²) in [5.41, 5.74) is 1.31. The molecular weight excluding hydrogens is 230 g/mol.